The van der Waals surface area contributed by atoms with Crippen LogP contribution in [0.3, 0.4) is 0 Å². The number of aryl methyl sites for hydroxylation is 1. The smallest absolute Gasteiger partial charge is 0.243 e. The topological polar surface area (TPSA) is 105 Å². The molecule has 0 bridgehead atoms. The number of rotatable bonds is 8. The van der Waals surface area contributed by atoms with Crippen LogP contribution in [0.25, 0.3) is 0 Å². The number of likely N-dealkylation sites (N-methyl/N-ethyl adjacent to an activating group) is 1. The van der Waals surface area contributed by atoms with Crippen LogP contribution in [0.15, 0.2) is 34.9 Å². The van der Waals surface area contributed by atoms with Crippen molar-refractivity contribution in [3.05, 3.63) is 41.9 Å². The molecule has 27 heavy (non-hydrogen) atoms. The second-order valence-corrected chi connectivity index (χ2v) is 6.66. The highest BCUT2D eigenvalue weighted by Gasteiger charge is 2.14. The van der Waals surface area contributed by atoms with Crippen molar-refractivity contribution >= 4 is 41.0 Å². The lowest BCUT2D eigenvalue weighted by Gasteiger charge is -2.16. The van der Waals surface area contributed by atoms with E-state index in [2.05, 4.69) is 15.8 Å². The van der Waals surface area contributed by atoms with E-state index >= 15 is 0 Å². The molecule has 0 aliphatic rings. The van der Waals surface area contributed by atoms with Gasteiger partial charge in [0.15, 0.2) is 5.82 Å². The minimum atomic E-state index is -0.465. The highest BCUT2D eigenvalue weighted by Crippen LogP contribution is 2.10. The van der Waals surface area contributed by atoms with Crippen molar-refractivity contribution in [2.75, 3.05) is 35.7 Å². The van der Waals surface area contributed by atoms with Gasteiger partial charge in [0, 0.05) is 18.8 Å². The number of anilines is 2. The van der Waals surface area contributed by atoms with Crippen LogP contribution in [-0.4, -0.2) is 52.9 Å². The van der Waals surface area contributed by atoms with Crippen LogP contribution in [0.5, 0.6) is 0 Å². The van der Waals surface area contributed by atoms with Crippen molar-refractivity contribution < 1.29 is 23.3 Å². The minimum Gasteiger partial charge on any atom is -0.360 e. The third-order valence-electron chi connectivity index (χ3n) is 3.27. The summed E-state index contributed by atoms with van der Waals surface area (Å²) < 4.78 is 17.9. The number of amides is 3. The van der Waals surface area contributed by atoms with Crippen molar-refractivity contribution in [1.29, 1.82) is 0 Å². The number of thioether (sulfide) groups is 1. The lowest BCUT2D eigenvalue weighted by Crippen LogP contribution is -2.36. The maximum absolute atomic E-state index is 13.1. The first-order chi connectivity index (χ1) is 12.8. The van der Waals surface area contributed by atoms with E-state index in [0.29, 0.717) is 17.3 Å². The van der Waals surface area contributed by atoms with Gasteiger partial charge in [-0.15, -0.1) is 11.8 Å². The Hall–Kier alpha value is -2.88. The third-order valence-corrected chi connectivity index (χ3v) is 4.19. The largest absolute Gasteiger partial charge is 0.360 e. The van der Waals surface area contributed by atoms with Crippen molar-refractivity contribution in [2.24, 2.45) is 0 Å². The Morgan fingerprint density at radius 1 is 1.19 bits per heavy atom. The normalized spacial score (nSPS) is 10.3. The van der Waals surface area contributed by atoms with Crippen molar-refractivity contribution in [2.45, 2.75) is 6.92 Å². The van der Waals surface area contributed by atoms with E-state index in [9.17, 15) is 18.8 Å². The SMILES string of the molecule is Cc1cc(NC(=O)CSCC(=O)N(C)CC(=O)Nc2cccc(F)c2)no1. The van der Waals surface area contributed by atoms with Gasteiger partial charge in [-0.05, 0) is 25.1 Å². The Morgan fingerprint density at radius 2 is 1.96 bits per heavy atom. The van der Waals surface area contributed by atoms with Gasteiger partial charge in [-0.3, -0.25) is 14.4 Å². The van der Waals surface area contributed by atoms with Crippen LogP contribution in [0.4, 0.5) is 15.9 Å². The third kappa shape index (κ3) is 7.10. The molecule has 1 heterocycles. The quantitative estimate of drug-likeness (QED) is 0.709. The van der Waals surface area contributed by atoms with Crippen molar-refractivity contribution in [3.8, 4) is 0 Å². The van der Waals surface area contributed by atoms with Gasteiger partial charge in [0.2, 0.25) is 17.7 Å². The van der Waals surface area contributed by atoms with Gasteiger partial charge < -0.3 is 20.1 Å². The fraction of sp³-hybridized carbons (Fsp3) is 0.294. The van der Waals surface area contributed by atoms with Crippen LogP contribution in [0, 0.1) is 12.7 Å². The molecular formula is C17H19FN4O4S. The number of nitrogens with one attached hydrogen (secondary N) is 2. The molecule has 0 aliphatic carbocycles. The zero-order valence-electron chi connectivity index (χ0n) is 14.8. The maximum atomic E-state index is 13.1. The average molecular weight is 394 g/mol. The summed E-state index contributed by atoms with van der Waals surface area (Å²) in [4.78, 5) is 36.9. The summed E-state index contributed by atoms with van der Waals surface area (Å²) in [5.41, 5.74) is 0.315. The summed E-state index contributed by atoms with van der Waals surface area (Å²) in [6.45, 7) is 1.52. The molecule has 0 atom stereocenters. The maximum Gasteiger partial charge on any atom is 0.243 e. The number of hydrogen-bond acceptors (Lipinski definition) is 6. The number of hydrogen-bond donors (Lipinski definition) is 2. The van der Waals surface area contributed by atoms with Crippen molar-refractivity contribution in [3.63, 3.8) is 0 Å². The molecule has 0 unspecified atom stereocenters. The average Bonchev–Trinajstić information content (AvgIpc) is 2.99. The Bertz CT molecular complexity index is 827. The molecule has 0 aliphatic heterocycles. The Labute approximate surface area is 159 Å². The van der Waals surface area contributed by atoms with E-state index in [1.54, 1.807) is 19.1 Å². The van der Waals surface area contributed by atoms with E-state index < -0.39 is 11.7 Å². The number of aromatic nitrogens is 1. The van der Waals surface area contributed by atoms with Crippen LogP contribution < -0.4 is 10.6 Å². The lowest BCUT2D eigenvalue weighted by molar-refractivity contribution is -0.131. The first-order valence-electron chi connectivity index (χ1n) is 7.94. The molecule has 1 aromatic heterocycles. The fourth-order valence-electron chi connectivity index (χ4n) is 2.02. The lowest BCUT2D eigenvalue weighted by atomic mass is 10.3. The Kier molecular flexibility index (Phi) is 7.35. The second kappa shape index (κ2) is 9.72. The minimum absolute atomic E-state index is 0.0367. The predicted molar refractivity (Wildman–Crippen MR) is 99.9 cm³/mol. The molecule has 2 aromatic rings. The summed E-state index contributed by atoms with van der Waals surface area (Å²) in [5, 5.41) is 8.70. The molecule has 0 spiro atoms. The molecule has 0 saturated heterocycles. The zero-order valence-corrected chi connectivity index (χ0v) is 15.6. The van der Waals surface area contributed by atoms with Gasteiger partial charge in [0.05, 0.1) is 18.1 Å². The molecule has 1 aromatic carbocycles. The van der Waals surface area contributed by atoms with Gasteiger partial charge in [0.1, 0.15) is 11.6 Å². The Balaban J connectivity index is 1.68. The summed E-state index contributed by atoms with van der Waals surface area (Å²) in [6, 6.07) is 7.06. The summed E-state index contributed by atoms with van der Waals surface area (Å²) in [5.74, 6) is -0.544. The van der Waals surface area contributed by atoms with Gasteiger partial charge in [-0.25, -0.2) is 4.39 Å². The molecule has 2 N–H and O–H groups in total. The molecule has 8 nitrogen and oxygen atoms in total. The van der Waals surface area contributed by atoms with E-state index in [4.69, 9.17) is 4.52 Å². The van der Waals surface area contributed by atoms with E-state index in [1.165, 1.54) is 30.1 Å². The number of carbonyl (C=O) groups excluding carboxylic acids is 3. The standard InChI is InChI=1S/C17H19FN4O4S/c1-11-6-14(21-26-11)20-16(24)9-27-10-17(25)22(2)8-15(23)19-13-5-3-4-12(18)7-13/h3-7H,8-10H2,1-2H3,(H,19,23)(H,20,21,24). The number of nitrogens with zero attached hydrogens (tertiary/aromatic N) is 2. The van der Waals surface area contributed by atoms with E-state index in [0.717, 1.165) is 11.8 Å². The summed E-state index contributed by atoms with van der Waals surface area (Å²) in [6.07, 6.45) is 0. The second-order valence-electron chi connectivity index (χ2n) is 5.67. The summed E-state index contributed by atoms with van der Waals surface area (Å²) in [7, 11) is 1.48. The number of carbonyl (C=O) groups is 3. The molecule has 3 amide bonds. The molecule has 10 heteroatoms. The first-order valence-corrected chi connectivity index (χ1v) is 9.09. The van der Waals surface area contributed by atoms with Gasteiger partial charge in [-0.2, -0.15) is 0 Å². The van der Waals surface area contributed by atoms with Gasteiger partial charge in [0.25, 0.3) is 0 Å². The highest BCUT2D eigenvalue weighted by molar-refractivity contribution is 8.00. The summed E-state index contributed by atoms with van der Waals surface area (Å²) >= 11 is 1.11. The first kappa shape index (κ1) is 20.4. The predicted octanol–water partition coefficient (Wildman–Crippen LogP) is 1.89. The zero-order chi connectivity index (χ0) is 19.8. The molecule has 0 fully saturated rings. The number of halogens is 1. The van der Waals surface area contributed by atoms with E-state index in [1.807, 2.05) is 0 Å². The van der Waals surface area contributed by atoms with Gasteiger partial charge in [-0.1, -0.05) is 11.2 Å². The van der Waals surface area contributed by atoms with Crippen LogP contribution in [0.2, 0.25) is 0 Å². The van der Waals surface area contributed by atoms with Crippen LogP contribution in [-0.2, 0) is 14.4 Å². The van der Waals surface area contributed by atoms with Crippen LogP contribution >= 0.6 is 11.8 Å². The molecular weight excluding hydrogens is 375 g/mol. The monoisotopic (exact) mass is 394 g/mol. The fourth-order valence-corrected chi connectivity index (χ4v) is 2.77. The molecule has 0 radical (unpaired) electrons. The highest BCUT2D eigenvalue weighted by atomic mass is 32.2. The van der Waals surface area contributed by atoms with Crippen LogP contribution in [0.1, 0.15) is 5.76 Å². The molecule has 2 rings (SSSR count). The molecule has 0 saturated carbocycles. The van der Waals surface area contributed by atoms with E-state index in [-0.39, 0.29) is 29.9 Å². The molecule has 144 valence electrons. The number of benzene rings is 1. The van der Waals surface area contributed by atoms with Gasteiger partial charge >= 0.3 is 0 Å². The Morgan fingerprint density at radius 3 is 2.63 bits per heavy atom. The van der Waals surface area contributed by atoms with Crippen molar-refractivity contribution in [1.82, 2.24) is 10.1 Å².